The van der Waals surface area contributed by atoms with Crippen molar-refractivity contribution in [1.29, 1.82) is 0 Å². The SMILES string of the molecule is CCO/C=C/P(=O)(CC)OCC. The van der Waals surface area contributed by atoms with Crippen LogP contribution in [-0.4, -0.2) is 19.4 Å². The van der Waals surface area contributed by atoms with Crippen LogP contribution >= 0.6 is 7.37 Å². The number of hydrogen-bond donors (Lipinski definition) is 0. The normalized spacial score (nSPS) is 16.2. The van der Waals surface area contributed by atoms with Crippen molar-refractivity contribution in [1.82, 2.24) is 0 Å². The first-order valence-corrected chi connectivity index (χ1v) is 6.09. The van der Waals surface area contributed by atoms with Crippen LogP contribution in [0.15, 0.2) is 12.1 Å². The molecule has 0 saturated heterocycles. The van der Waals surface area contributed by atoms with Crippen molar-refractivity contribution in [2.45, 2.75) is 20.8 Å². The summed E-state index contributed by atoms with van der Waals surface area (Å²) in [6, 6.07) is 0. The highest BCUT2D eigenvalue weighted by molar-refractivity contribution is 7.62. The first-order valence-electron chi connectivity index (χ1n) is 4.21. The Kier molecular flexibility index (Phi) is 6.13. The van der Waals surface area contributed by atoms with Gasteiger partial charge >= 0.3 is 0 Å². The first-order chi connectivity index (χ1) is 5.68. The quantitative estimate of drug-likeness (QED) is 0.479. The molecule has 0 saturated carbocycles. The van der Waals surface area contributed by atoms with Crippen LogP contribution < -0.4 is 0 Å². The Bertz CT molecular complexity index is 177. The Morgan fingerprint density at radius 2 is 1.92 bits per heavy atom. The van der Waals surface area contributed by atoms with Crippen LogP contribution in [-0.2, 0) is 13.8 Å². The number of hydrogen-bond acceptors (Lipinski definition) is 3. The highest BCUT2D eigenvalue weighted by atomic mass is 31.2. The zero-order chi connectivity index (χ0) is 9.45. The molecule has 12 heavy (non-hydrogen) atoms. The maximum atomic E-state index is 11.7. The minimum absolute atomic E-state index is 0.474. The first kappa shape index (κ1) is 11.7. The average Bonchev–Trinajstić information content (AvgIpc) is 2.06. The molecule has 0 N–H and O–H groups in total. The molecule has 1 unspecified atom stereocenters. The van der Waals surface area contributed by atoms with Gasteiger partial charge in [-0.05, 0) is 13.8 Å². The summed E-state index contributed by atoms with van der Waals surface area (Å²) in [5, 5.41) is 0. The molecule has 0 aromatic heterocycles. The van der Waals surface area contributed by atoms with Gasteiger partial charge in [0, 0.05) is 12.0 Å². The largest absolute Gasteiger partial charge is 0.501 e. The summed E-state index contributed by atoms with van der Waals surface area (Å²) in [7, 11) is -2.54. The van der Waals surface area contributed by atoms with E-state index < -0.39 is 7.37 Å². The lowest BCUT2D eigenvalue weighted by molar-refractivity contribution is 0.268. The Labute approximate surface area is 74.2 Å². The van der Waals surface area contributed by atoms with Crippen molar-refractivity contribution >= 4 is 7.37 Å². The van der Waals surface area contributed by atoms with Gasteiger partial charge in [-0.15, -0.1) is 0 Å². The molecule has 0 aromatic rings. The van der Waals surface area contributed by atoms with Crippen LogP contribution in [0.3, 0.4) is 0 Å². The van der Waals surface area contributed by atoms with E-state index in [-0.39, 0.29) is 0 Å². The standard InChI is InChI=1S/C8H17O3P/c1-4-10-7-8-12(9,6-3)11-5-2/h7-8H,4-6H2,1-3H3/b8-7+. The van der Waals surface area contributed by atoms with E-state index in [9.17, 15) is 4.57 Å². The Hall–Kier alpha value is -0.270. The molecule has 0 aliphatic carbocycles. The van der Waals surface area contributed by atoms with Crippen molar-refractivity contribution < 1.29 is 13.8 Å². The maximum Gasteiger partial charge on any atom is 0.227 e. The Morgan fingerprint density at radius 1 is 1.25 bits per heavy atom. The van der Waals surface area contributed by atoms with Crippen LogP contribution in [0.4, 0.5) is 0 Å². The highest BCUT2D eigenvalue weighted by Crippen LogP contribution is 2.47. The van der Waals surface area contributed by atoms with E-state index in [4.69, 9.17) is 9.26 Å². The van der Waals surface area contributed by atoms with Crippen molar-refractivity contribution in [2.75, 3.05) is 19.4 Å². The molecule has 0 bridgehead atoms. The molecule has 0 heterocycles. The summed E-state index contributed by atoms with van der Waals surface area (Å²) in [6.07, 6.45) is 1.98. The van der Waals surface area contributed by atoms with Gasteiger partial charge in [-0.3, -0.25) is 4.57 Å². The van der Waals surface area contributed by atoms with Gasteiger partial charge in [-0.25, -0.2) is 0 Å². The smallest absolute Gasteiger partial charge is 0.227 e. The summed E-state index contributed by atoms with van der Waals surface area (Å²) < 4.78 is 21.7. The van der Waals surface area contributed by atoms with Crippen molar-refractivity contribution in [3.05, 3.63) is 12.1 Å². The van der Waals surface area contributed by atoms with Crippen LogP contribution in [0.5, 0.6) is 0 Å². The molecular formula is C8H17O3P. The van der Waals surface area contributed by atoms with E-state index in [1.54, 1.807) is 0 Å². The van der Waals surface area contributed by atoms with Gasteiger partial charge in [0.05, 0.1) is 19.5 Å². The van der Waals surface area contributed by atoms with E-state index in [1.165, 1.54) is 12.1 Å². The third kappa shape index (κ3) is 4.58. The molecule has 3 nitrogen and oxygen atoms in total. The summed E-state index contributed by atoms with van der Waals surface area (Å²) >= 11 is 0. The van der Waals surface area contributed by atoms with Gasteiger partial charge in [0.1, 0.15) is 0 Å². The van der Waals surface area contributed by atoms with Crippen LogP contribution in [0.2, 0.25) is 0 Å². The third-order valence-electron chi connectivity index (χ3n) is 1.34. The second-order valence-electron chi connectivity index (χ2n) is 2.20. The van der Waals surface area contributed by atoms with Gasteiger partial charge in [0.25, 0.3) is 0 Å². The van der Waals surface area contributed by atoms with E-state index in [1.807, 2.05) is 20.8 Å². The van der Waals surface area contributed by atoms with E-state index in [0.717, 1.165) is 0 Å². The second kappa shape index (κ2) is 6.27. The lowest BCUT2D eigenvalue weighted by atomic mass is 10.9. The summed E-state index contributed by atoms with van der Waals surface area (Å²) in [6.45, 7) is 6.61. The van der Waals surface area contributed by atoms with Gasteiger partial charge in [-0.2, -0.15) is 0 Å². The Morgan fingerprint density at radius 3 is 2.33 bits per heavy atom. The maximum absolute atomic E-state index is 11.7. The molecule has 0 aromatic carbocycles. The lowest BCUT2D eigenvalue weighted by Crippen LogP contribution is -1.89. The minimum Gasteiger partial charge on any atom is -0.501 e. The van der Waals surface area contributed by atoms with Crippen molar-refractivity contribution in [2.24, 2.45) is 0 Å². The second-order valence-corrected chi connectivity index (χ2v) is 4.84. The van der Waals surface area contributed by atoms with Crippen molar-refractivity contribution in [3.63, 3.8) is 0 Å². The monoisotopic (exact) mass is 192 g/mol. The Balaban J connectivity index is 4.04. The molecular weight excluding hydrogens is 175 g/mol. The predicted octanol–water partition coefficient (Wildman–Crippen LogP) is 2.83. The topological polar surface area (TPSA) is 35.5 Å². The number of rotatable bonds is 6. The summed E-state index contributed by atoms with van der Waals surface area (Å²) in [4.78, 5) is 0. The average molecular weight is 192 g/mol. The molecule has 0 aliphatic rings. The molecule has 0 amide bonds. The molecule has 4 heteroatoms. The van der Waals surface area contributed by atoms with Gasteiger partial charge < -0.3 is 9.26 Å². The molecule has 1 atom stereocenters. The number of ether oxygens (including phenoxy) is 1. The third-order valence-corrected chi connectivity index (χ3v) is 3.49. The highest BCUT2D eigenvalue weighted by Gasteiger charge is 2.14. The van der Waals surface area contributed by atoms with E-state index in [2.05, 4.69) is 0 Å². The molecule has 72 valence electrons. The van der Waals surface area contributed by atoms with Crippen LogP contribution in [0, 0.1) is 0 Å². The van der Waals surface area contributed by atoms with Gasteiger partial charge in [0.2, 0.25) is 7.37 Å². The minimum atomic E-state index is -2.54. The van der Waals surface area contributed by atoms with E-state index >= 15 is 0 Å². The molecule has 0 spiro atoms. The fourth-order valence-corrected chi connectivity index (χ4v) is 1.88. The fourth-order valence-electron chi connectivity index (χ4n) is 0.690. The fraction of sp³-hybridized carbons (Fsp3) is 0.750. The molecule has 0 fully saturated rings. The molecule has 0 aliphatic heterocycles. The molecule has 0 radical (unpaired) electrons. The summed E-state index contributed by atoms with van der Waals surface area (Å²) in [5.74, 6) is 1.53. The van der Waals surface area contributed by atoms with E-state index in [0.29, 0.717) is 19.4 Å². The predicted molar refractivity (Wildman–Crippen MR) is 50.5 cm³/mol. The zero-order valence-electron chi connectivity index (χ0n) is 7.95. The lowest BCUT2D eigenvalue weighted by Gasteiger charge is -2.10. The van der Waals surface area contributed by atoms with Crippen molar-refractivity contribution in [3.8, 4) is 0 Å². The van der Waals surface area contributed by atoms with Gasteiger partial charge in [-0.1, -0.05) is 6.92 Å². The van der Waals surface area contributed by atoms with Crippen LogP contribution in [0.1, 0.15) is 20.8 Å². The van der Waals surface area contributed by atoms with Crippen LogP contribution in [0.25, 0.3) is 0 Å². The molecule has 0 rings (SSSR count). The summed E-state index contributed by atoms with van der Waals surface area (Å²) in [5.41, 5.74) is 0. The zero-order valence-corrected chi connectivity index (χ0v) is 8.84. The van der Waals surface area contributed by atoms with Gasteiger partial charge in [0.15, 0.2) is 0 Å².